The summed E-state index contributed by atoms with van der Waals surface area (Å²) in [5.41, 5.74) is 2.20. The van der Waals surface area contributed by atoms with Crippen LogP contribution in [0.25, 0.3) is 21.9 Å². The predicted molar refractivity (Wildman–Crippen MR) is 98.8 cm³/mol. The Morgan fingerprint density at radius 2 is 1.89 bits per heavy atom. The number of pyridine rings is 1. The third kappa shape index (κ3) is 3.52. The average Bonchev–Trinajstić information content (AvgIpc) is 2.88. The van der Waals surface area contributed by atoms with Crippen LogP contribution in [0, 0.1) is 18.6 Å². The van der Waals surface area contributed by atoms with Gasteiger partial charge >= 0.3 is 7.60 Å². The predicted octanol–water partition coefficient (Wildman–Crippen LogP) is 3.29. The fourth-order valence-corrected chi connectivity index (χ4v) is 3.86. The molecular weight excluding hydrogens is 389 g/mol. The number of hydrogen-bond acceptors (Lipinski definition) is 4. The van der Waals surface area contributed by atoms with E-state index in [1.165, 1.54) is 12.3 Å². The highest BCUT2D eigenvalue weighted by molar-refractivity contribution is 7.50. The van der Waals surface area contributed by atoms with Crippen molar-refractivity contribution in [2.24, 2.45) is 0 Å². The lowest BCUT2D eigenvalue weighted by Gasteiger charge is -2.08. The number of nitrogens with zero attached hydrogens (tertiary/aromatic N) is 4. The van der Waals surface area contributed by atoms with Crippen molar-refractivity contribution >= 4 is 29.5 Å². The van der Waals surface area contributed by atoms with E-state index in [2.05, 4.69) is 15.0 Å². The Morgan fingerprint density at radius 1 is 1.11 bits per heavy atom. The summed E-state index contributed by atoms with van der Waals surface area (Å²) in [5.74, 6) is -0.944. The van der Waals surface area contributed by atoms with Gasteiger partial charge < -0.3 is 14.4 Å². The third-order valence-electron chi connectivity index (χ3n) is 4.34. The Labute approximate surface area is 157 Å². The van der Waals surface area contributed by atoms with Gasteiger partial charge in [0.25, 0.3) is 0 Å². The first-order chi connectivity index (χ1) is 13.2. The molecule has 3 aromatic heterocycles. The summed E-state index contributed by atoms with van der Waals surface area (Å²) in [5, 5.41) is 0.208. The SMILES string of the molecule is Cc1ncc2c(n1)c1c(F)cc(F)cc1n2Cc1ccc(CP(=O)(O)O)cn1. The van der Waals surface area contributed by atoms with E-state index in [4.69, 9.17) is 9.79 Å². The smallest absolute Gasteiger partial charge is 0.329 e. The van der Waals surface area contributed by atoms with Crippen LogP contribution >= 0.6 is 7.60 Å². The van der Waals surface area contributed by atoms with Gasteiger partial charge in [-0.2, -0.15) is 0 Å². The number of aromatic nitrogens is 4. The van der Waals surface area contributed by atoms with Crippen molar-refractivity contribution in [2.45, 2.75) is 19.6 Å². The number of hydrogen-bond donors (Lipinski definition) is 2. The molecule has 0 amide bonds. The molecule has 0 aliphatic rings. The van der Waals surface area contributed by atoms with Crippen molar-refractivity contribution in [1.82, 2.24) is 19.5 Å². The quantitative estimate of drug-likeness (QED) is 0.506. The number of aryl methyl sites for hydroxylation is 1. The lowest BCUT2D eigenvalue weighted by Crippen LogP contribution is -2.03. The number of fused-ring (bicyclic) bond motifs is 3. The van der Waals surface area contributed by atoms with E-state index < -0.39 is 25.4 Å². The molecule has 0 saturated carbocycles. The molecule has 3 heterocycles. The van der Waals surface area contributed by atoms with E-state index in [9.17, 15) is 13.3 Å². The maximum atomic E-state index is 14.5. The molecule has 0 aliphatic carbocycles. The fraction of sp³-hybridized carbons (Fsp3) is 0.167. The highest BCUT2D eigenvalue weighted by Crippen LogP contribution is 2.38. The van der Waals surface area contributed by atoms with Gasteiger partial charge in [0.2, 0.25) is 0 Å². The summed E-state index contributed by atoms with van der Waals surface area (Å²) >= 11 is 0. The lowest BCUT2D eigenvalue weighted by molar-refractivity contribution is 0.371. The second kappa shape index (κ2) is 6.70. The molecule has 144 valence electrons. The zero-order chi connectivity index (χ0) is 20.1. The molecule has 4 rings (SSSR count). The normalized spacial score (nSPS) is 12.2. The Bertz CT molecular complexity index is 1250. The van der Waals surface area contributed by atoms with Crippen molar-refractivity contribution < 1.29 is 23.1 Å². The van der Waals surface area contributed by atoms with Crippen LogP contribution in [0.2, 0.25) is 0 Å². The Balaban J connectivity index is 1.83. The molecule has 0 unspecified atom stereocenters. The van der Waals surface area contributed by atoms with Crippen molar-refractivity contribution in [3.05, 3.63) is 65.4 Å². The molecular formula is C18H15F2N4O3P. The lowest BCUT2D eigenvalue weighted by atomic mass is 10.2. The van der Waals surface area contributed by atoms with Crippen molar-refractivity contribution in [3.8, 4) is 0 Å². The summed E-state index contributed by atoms with van der Waals surface area (Å²) < 4.78 is 41.1. The number of benzene rings is 1. The molecule has 10 heteroatoms. The first-order valence-corrected chi connectivity index (χ1v) is 10.1. The van der Waals surface area contributed by atoms with Gasteiger partial charge in [-0.25, -0.2) is 18.7 Å². The van der Waals surface area contributed by atoms with Crippen LogP contribution in [0.4, 0.5) is 8.78 Å². The van der Waals surface area contributed by atoms with Gasteiger partial charge in [0, 0.05) is 12.3 Å². The maximum Gasteiger partial charge on any atom is 0.329 e. The van der Waals surface area contributed by atoms with Crippen LogP contribution < -0.4 is 0 Å². The van der Waals surface area contributed by atoms with Gasteiger partial charge in [-0.05, 0) is 24.6 Å². The summed E-state index contributed by atoms with van der Waals surface area (Å²) in [7, 11) is -4.19. The molecule has 7 nitrogen and oxygen atoms in total. The molecule has 0 aliphatic heterocycles. The fourth-order valence-electron chi connectivity index (χ4n) is 3.19. The minimum Gasteiger partial charge on any atom is -0.332 e. The van der Waals surface area contributed by atoms with Gasteiger partial charge in [0.05, 0.1) is 41.0 Å². The van der Waals surface area contributed by atoms with Crippen LogP contribution in [0.3, 0.4) is 0 Å². The van der Waals surface area contributed by atoms with Gasteiger partial charge in [0.1, 0.15) is 23.0 Å². The van der Waals surface area contributed by atoms with E-state index in [-0.39, 0.29) is 11.9 Å². The second-order valence-electron chi connectivity index (χ2n) is 6.50. The Hall–Kier alpha value is -2.74. The number of rotatable bonds is 4. The van der Waals surface area contributed by atoms with Crippen molar-refractivity contribution in [1.29, 1.82) is 0 Å². The first kappa shape index (κ1) is 18.6. The van der Waals surface area contributed by atoms with Gasteiger partial charge in [0.15, 0.2) is 0 Å². The van der Waals surface area contributed by atoms with Gasteiger partial charge in [-0.3, -0.25) is 9.55 Å². The number of halogens is 2. The zero-order valence-corrected chi connectivity index (χ0v) is 15.6. The molecule has 4 aromatic rings. The molecule has 0 radical (unpaired) electrons. The van der Waals surface area contributed by atoms with E-state index in [1.54, 1.807) is 29.8 Å². The van der Waals surface area contributed by atoms with E-state index in [0.717, 1.165) is 6.07 Å². The first-order valence-electron chi connectivity index (χ1n) is 8.30. The van der Waals surface area contributed by atoms with Crippen molar-refractivity contribution in [2.75, 3.05) is 0 Å². The minimum atomic E-state index is -4.19. The van der Waals surface area contributed by atoms with E-state index in [0.29, 0.717) is 33.6 Å². The Morgan fingerprint density at radius 3 is 2.57 bits per heavy atom. The topological polar surface area (TPSA) is 101 Å². The summed E-state index contributed by atoms with van der Waals surface area (Å²) in [6.45, 7) is 1.87. The van der Waals surface area contributed by atoms with E-state index >= 15 is 0 Å². The van der Waals surface area contributed by atoms with Gasteiger partial charge in [-0.1, -0.05) is 6.07 Å². The summed E-state index contributed by atoms with van der Waals surface area (Å²) in [6.07, 6.45) is 2.53. The van der Waals surface area contributed by atoms with E-state index in [1.807, 2.05) is 0 Å². The average molecular weight is 404 g/mol. The maximum absolute atomic E-state index is 14.5. The summed E-state index contributed by atoms with van der Waals surface area (Å²) in [4.78, 5) is 30.8. The molecule has 2 N–H and O–H groups in total. The largest absolute Gasteiger partial charge is 0.332 e. The van der Waals surface area contributed by atoms with Crippen LogP contribution in [0.5, 0.6) is 0 Å². The molecule has 0 atom stereocenters. The molecule has 0 spiro atoms. The van der Waals surface area contributed by atoms with Crippen molar-refractivity contribution in [3.63, 3.8) is 0 Å². The second-order valence-corrected chi connectivity index (χ2v) is 8.15. The van der Waals surface area contributed by atoms with Crippen LogP contribution in [-0.4, -0.2) is 29.3 Å². The molecule has 0 bridgehead atoms. The summed E-state index contributed by atoms with van der Waals surface area (Å²) in [6, 6.07) is 5.24. The molecule has 28 heavy (non-hydrogen) atoms. The molecule has 0 fully saturated rings. The standard InChI is InChI=1S/C18H15F2N4O3P/c1-10-21-7-16-18(23-10)17-14(20)4-12(19)5-15(17)24(16)8-13-3-2-11(6-22-13)9-28(25,26)27/h2-7H,8-9H2,1H3,(H2,25,26,27). The molecule has 1 aromatic carbocycles. The van der Waals surface area contributed by atoms with Crippen LogP contribution in [0.15, 0.2) is 36.7 Å². The third-order valence-corrected chi connectivity index (χ3v) is 5.11. The van der Waals surface area contributed by atoms with Crippen LogP contribution in [0.1, 0.15) is 17.1 Å². The van der Waals surface area contributed by atoms with Gasteiger partial charge in [-0.15, -0.1) is 0 Å². The zero-order valence-electron chi connectivity index (χ0n) is 14.7. The molecule has 0 saturated heterocycles. The minimum absolute atomic E-state index is 0.186. The highest BCUT2D eigenvalue weighted by atomic mass is 31.2. The monoisotopic (exact) mass is 404 g/mol. The van der Waals surface area contributed by atoms with Crippen LogP contribution in [-0.2, 0) is 17.3 Å². The highest BCUT2D eigenvalue weighted by Gasteiger charge is 2.18. The Kier molecular flexibility index (Phi) is 4.45.